The van der Waals surface area contributed by atoms with Crippen LogP contribution in [0, 0.1) is 0 Å². The van der Waals surface area contributed by atoms with E-state index in [1.165, 1.54) is 0 Å². The summed E-state index contributed by atoms with van der Waals surface area (Å²) in [6.07, 6.45) is 0. The fraction of sp³-hybridized carbons (Fsp3) is 0. The number of hydrogen-bond acceptors (Lipinski definition) is 6. The van der Waals surface area contributed by atoms with Crippen molar-refractivity contribution < 1.29 is 24.8 Å². The zero-order chi connectivity index (χ0) is 26.2. The average molecular weight is 658 g/mol. The molecule has 4 aromatic carbocycles. The fourth-order valence-corrected chi connectivity index (χ4v) is 5.59. The van der Waals surface area contributed by atoms with E-state index in [-0.39, 0.29) is 42.4 Å². The first-order chi connectivity index (χ1) is 19.8. The van der Waals surface area contributed by atoms with Crippen LogP contribution in [0.2, 0.25) is 0 Å². The standard InChI is InChI=1S/C32H18N8.2ClH.Ge/c1-2-10-18-17(9-1)25-33-26(18)38-28-21-13-5-6-14-22(21)30(35-28)40-32-24-16-8-7-15-23(24)31(36-32)39-29-20-12-4-3-11-19(20)27(34-29)37-25;;;/h1-16H,(H2,33,34,35,36,37,38,39,40);2*1H;/q;;;+4/p-2. The third-order valence-electron chi connectivity index (χ3n) is 7.46. The molecule has 0 radical (unpaired) electrons. The molecule has 0 saturated heterocycles. The van der Waals surface area contributed by atoms with Crippen LogP contribution in [0.3, 0.4) is 0 Å². The van der Waals surface area contributed by atoms with Crippen molar-refractivity contribution in [2.24, 2.45) is 0 Å². The molecule has 0 fully saturated rings. The molecule has 0 spiro atoms. The Morgan fingerprint density at radius 1 is 0.326 bits per heavy atom. The van der Waals surface area contributed by atoms with E-state index in [9.17, 15) is 0 Å². The van der Waals surface area contributed by atoms with Crippen molar-refractivity contribution in [1.82, 2.24) is 39.9 Å². The van der Waals surface area contributed by atoms with Crippen LogP contribution in [0.15, 0.2) is 97.1 Å². The second-order valence-corrected chi connectivity index (χ2v) is 9.79. The van der Waals surface area contributed by atoms with Gasteiger partial charge in [-0.1, -0.05) is 97.1 Å². The second-order valence-electron chi connectivity index (χ2n) is 9.79. The summed E-state index contributed by atoms with van der Waals surface area (Å²) in [4.78, 5) is 36.8. The monoisotopic (exact) mass is 658 g/mol. The van der Waals surface area contributed by atoms with Gasteiger partial charge in [-0.2, -0.15) is 0 Å². The van der Waals surface area contributed by atoms with E-state index in [1.807, 2.05) is 97.1 Å². The maximum absolute atomic E-state index is 5.02. The first-order valence-corrected chi connectivity index (χ1v) is 13.0. The Morgan fingerprint density at radius 3 is 0.814 bits per heavy atom. The molecule has 9 rings (SSSR count). The fourth-order valence-electron chi connectivity index (χ4n) is 5.59. The molecule has 2 aliphatic rings. The predicted octanol–water partition coefficient (Wildman–Crippen LogP) is 0.496. The van der Waals surface area contributed by atoms with Crippen LogP contribution in [-0.4, -0.2) is 57.5 Å². The first-order valence-electron chi connectivity index (χ1n) is 13.0. The van der Waals surface area contributed by atoms with Crippen LogP contribution in [-0.2, 0) is 0 Å². The Hall–Kier alpha value is -4.64. The van der Waals surface area contributed by atoms with Gasteiger partial charge < -0.3 is 34.8 Å². The van der Waals surface area contributed by atoms with E-state index in [0.29, 0.717) is 45.9 Å². The predicted molar refractivity (Wildman–Crippen MR) is 162 cm³/mol. The SMILES string of the molecule is [Cl-].[Cl-].[Ge+4].c1ccc2c(c1)-c1nc-2nc2[nH]c(nc3nc(nc4[nH]c(n1)c1ccccc41)-c1ccccc1-3)c1ccccc21. The van der Waals surface area contributed by atoms with Gasteiger partial charge in [0.15, 0.2) is 23.3 Å². The molecular weight excluding hydrogens is 640 g/mol. The molecular formula is C32H18Cl2GeN8+2. The third kappa shape index (κ3) is 4.37. The van der Waals surface area contributed by atoms with Gasteiger partial charge >= 0.3 is 17.6 Å². The number of fused-ring (bicyclic) bond motifs is 20. The number of hydrogen-bond donors (Lipinski definition) is 2. The van der Waals surface area contributed by atoms with E-state index in [0.717, 1.165) is 43.8 Å². The summed E-state index contributed by atoms with van der Waals surface area (Å²) in [6.45, 7) is 0. The number of nitrogens with one attached hydrogen (secondary N) is 2. The molecule has 2 N–H and O–H groups in total. The molecule has 7 aromatic rings. The normalized spacial score (nSPS) is 11.2. The molecule has 0 atom stereocenters. The van der Waals surface area contributed by atoms with Gasteiger partial charge in [-0.25, -0.2) is 29.9 Å². The van der Waals surface area contributed by atoms with Gasteiger partial charge in [-0.15, -0.1) is 0 Å². The first kappa shape index (κ1) is 28.5. The largest absolute Gasteiger partial charge is 4.00 e. The minimum absolute atomic E-state index is 0. The summed E-state index contributed by atoms with van der Waals surface area (Å²) in [6, 6.07) is 32.2. The van der Waals surface area contributed by atoms with Crippen LogP contribution in [0.25, 0.3) is 89.7 Å². The molecule has 0 amide bonds. The number of halogens is 2. The molecule has 202 valence electrons. The molecule has 0 unspecified atom stereocenters. The zero-order valence-corrected chi connectivity index (χ0v) is 25.8. The summed E-state index contributed by atoms with van der Waals surface area (Å²) in [5.41, 5.74) is 6.45. The Balaban J connectivity index is 0.00000110. The Kier molecular flexibility index (Phi) is 7.21. The summed E-state index contributed by atoms with van der Waals surface area (Å²) >= 11 is 0. The van der Waals surface area contributed by atoms with Crippen LogP contribution >= 0.6 is 0 Å². The van der Waals surface area contributed by atoms with Gasteiger partial charge in [0.05, 0.1) is 0 Å². The van der Waals surface area contributed by atoms with Crippen LogP contribution < -0.4 is 24.8 Å². The smallest absolute Gasteiger partial charge is 1.00 e. The van der Waals surface area contributed by atoms with Crippen LogP contribution in [0.1, 0.15) is 0 Å². The maximum atomic E-state index is 5.02. The zero-order valence-electron chi connectivity index (χ0n) is 22.2. The summed E-state index contributed by atoms with van der Waals surface area (Å²) in [5, 5.41) is 3.82. The van der Waals surface area contributed by atoms with Crippen molar-refractivity contribution >= 4 is 61.7 Å². The van der Waals surface area contributed by atoms with Gasteiger partial charge in [0, 0.05) is 43.8 Å². The molecule has 11 heteroatoms. The summed E-state index contributed by atoms with van der Waals surface area (Å²) in [7, 11) is 0. The Morgan fingerprint density at radius 2 is 0.558 bits per heavy atom. The molecule has 0 aliphatic carbocycles. The van der Waals surface area contributed by atoms with Crippen molar-refractivity contribution in [3.05, 3.63) is 97.1 Å². The quantitative estimate of drug-likeness (QED) is 0.230. The molecule has 8 bridgehead atoms. The van der Waals surface area contributed by atoms with Crippen molar-refractivity contribution in [3.63, 3.8) is 0 Å². The third-order valence-corrected chi connectivity index (χ3v) is 7.46. The Labute approximate surface area is 267 Å². The van der Waals surface area contributed by atoms with E-state index in [1.54, 1.807) is 0 Å². The van der Waals surface area contributed by atoms with Gasteiger partial charge in [-0.3, -0.25) is 0 Å². The maximum Gasteiger partial charge on any atom is 4.00 e. The van der Waals surface area contributed by atoms with E-state index < -0.39 is 0 Å². The Bertz CT molecular complexity index is 2050. The number of benzene rings is 4. The minimum atomic E-state index is 0. The summed E-state index contributed by atoms with van der Waals surface area (Å²) in [5.74, 6) is 2.39. The van der Waals surface area contributed by atoms with Gasteiger partial charge in [0.2, 0.25) is 0 Å². The number of aromatic amines is 2. The van der Waals surface area contributed by atoms with E-state index >= 15 is 0 Å². The minimum Gasteiger partial charge on any atom is -1.00 e. The summed E-state index contributed by atoms with van der Waals surface area (Å²) < 4.78 is 0. The van der Waals surface area contributed by atoms with E-state index in [4.69, 9.17) is 29.9 Å². The number of aromatic nitrogens is 8. The molecule has 8 nitrogen and oxygen atoms in total. The van der Waals surface area contributed by atoms with Gasteiger partial charge in [-0.05, 0) is 0 Å². The van der Waals surface area contributed by atoms with Crippen molar-refractivity contribution in [1.29, 1.82) is 0 Å². The van der Waals surface area contributed by atoms with Crippen LogP contribution in [0.5, 0.6) is 0 Å². The van der Waals surface area contributed by atoms with Crippen molar-refractivity contribution in [2.45, 2.75) is 0 Å². The average Bonchev–Trinajstić information content (AvgIpc) is 3.73. The molecule has 0 saturated carbocycles. The molecule has 43 heavy (non-hydrogen) atoms. The van der Waals surface area contributed by atoms with Crippen LogP contribution in [0.4, 0.5) is 0 Å². The number of H-pyrrole nitrogens is 2. The van der Waals surface area contributed by atoms with Crippen molar-refractivity contribution in [3.8, 4) is 45.6 Å². The van der Waals surface area contributed by atoms with Gasteiger partial charge in [0.1, 0.15) is 22.6 Å². The molecule has 3 aromatic heterocycles. The molecule has 2 aliphatic heterocycles. The number of rotatable bonds is 0. The molecule has 5 heterocycles. The van der Waals surface area contributed by atoms with Crippen molar-refractivity contribution in [2.75, 3.05) is 0 Å². The van der Waals surface area contributed by atoms with Gasteiger partial charge in [0.25, 0.3) is 0 Å². The van der Waals surface area contributed by atoms with E-state index in [2.05, 4.69) is 9.97 Å². The number of nitrogens with zero attached hydrogens (tertiary/aromatic N) is 6. The second kappa shape index (κ2) is 10.9. The topological polar surface area (TPSA) is 109 Å².